The van der Waals surface area contributed by atoms with Crippen molar-refractivity contribution in [1.82, 2.24) is 4.90 Å². The van der Waals surface area contributed by atoms with E-state index >= 15 is 0 Å². The molecule has 1 aromatic heterocycles. The van der Waals surface area contributed by atoms with Gasteiger partial charge in [0, 0.05) is 28.9 Å². The molecule has 7 heteroatoms. The molecule has 0 bridgehead atoms. The number of amides is 1. The number of rotatable bonds is 8. The standard InChI is InChI=1S/C31H23Cl2NO4/c32-24-13-14-25(26(33)18-24)30(35)34(27(31(36)37)16-20-7-2-1-3-8-20)19-21-9-6-11-22(15-21)29-17-23-10-4-5-12-28(23)38-29/h1-15,17-18,27H,16,19H2,(H,36,37). The van der Waals surface area contributed by atoms with Gasteiger partial charge in [0.15, 0.2) is 0 Å². The number of carboxylic acid groups (broad SMARTS) is 1. The minimum Gasteiger partial charge on any atom is -0.480 e. The number of hydrogen-bond acceptors (Lipinski definition) is 3. The molecule has 1 N–H and O–H groups in total. The van der Waals surface area contributed by atoms with Gasteiger partial charge in [-0.1, -0.05) is 89.9 Å². The van der Waals surface area contributed by atoms with E-state index in [-0.39, 0.29) is 23.6 Å². The molecule has 38 heavy (non-hydrogen) atoms. The van der Waals surface area contributed by atoms with E-state index in [1.165, 1.54) is 17.0 Å². The average Bonchev–Trinajstić information content (AvgIpc) is 3.35. The van der Waals surface area contributed by atoms with Crippen molar-refractivity contribution >= 4 is 46.0 Å². The molecule has 1 amide bonds. The molecule has 0 saturated heterocycles. The van der Waals surface area contributed by atoms with Crippen molar-refractivity contribution in [3.8, 4) is 11.3 Å². The number of carbonyl (C=O) groups excluding carboxylic acids is 1. The third kappa shape index (κ3) is 5.59. The van der Waals surface area contributed by atoms with Crippen LogP contribution in [-0.4, -0.2) is 27.9 Å². The lowest BCUT2D eigenvalue weighted by atomic mass is 10.0. The topological polar surface area (TPSA) is 70.8 Å². The van der Waals surface area contributed by atoms with Crippen LogP contribution < -0.4 is 0 Å². The smallest absolute Gasteiger partial charge is 0.326 e. The fourth-order valence-electron chi connectivity index (χ4n) is 4.45. The minimum absolute atomic E-state index is 0.0512. The van der Waals surface area contributed by atoms with Crippen LogP contribution in [0.25, 0.3) is 22.3 Å². The van der Waals surface area contributed by atoms with Crippen LogP contribution in [0.15, 0.2) is 108 Å². The molecule has 4 aromatic carbocycles. The highest BCUT2D eigenvalue weighted by Gasteiger charge is 2.32. The zero-order valence-electron chi connectivity index (χ0n) is 20.2. The van der Waals surface area contributed by atoms with Crippen LogP contribution in [0, 0.1) is 0 Å². The van der Waals surface area contributed by atoms with Crippen molar-refractivity contribution in [2.75, 3.05) is 0 Å². The monoisotopic (exact) mass is 543 g/mol. The number of para-hydroxylation sites is 1. The normalized spacial score (nSPS) is 11.8. The third-order valence-corrected chi connectivity index (χ3v) is 6.89. The van der Waals surface area contributed by atoms with Crippen molar-refractivity contribution in [2.45, 2.75) is 19.0 Å². The Morgan fingerprint density at radius 1 is 0.816 bits per heavy atom. The molecule has 0 aliphatic carbocycles. The maximum Gasteiger partial charge on any atom is 0.326 e. The Morgan fingerprint density at radius 2 is 1.55 bits per heavy atom. The molecule has 190 valence electrons. The first kappa shape index (κ1) is 25.6. The number of hydrogen-bond donors (Lipinski definition) is 1. The fraction of sp³-hybridized carbons (Fsp3) is 0.0968. The molecule has 0 fully saturated rings. The molecule has 0 spiro atoms. The summed E-state index contributed by atoms with van der Waals surface area (Å²) in [6.07, 6.45) is 0.135. The zero-order chi connectivity index (χ0) is 26.6. The summed E-state index contributed by atoms with van der Waals surface area (Å²) >= 11 is 12.4. The van der Waals surface area contributed by atoms with E-state index in [4.69, 9.17) is 27.6 Å². The van der Waals surface area contributed by atoms with Crippen LogP contribution in [0.3, 0.4) is 0 Å². The fourth-order valence-corrected chi connectivity index (χ4v) is 4.94. The van der Waals surface area contributed by atoms with Gasteiger partial charge >= 0.3 is 5.97 Å². The molecule has 1 heterocycles. The van der Waals surface area contributed by atoms with Crippen LogP contribution in [-0.2, 0) is 17.8 Å². The second-order valence-electron chi connectivity index (χ2n) is 8.95. The van der Waals surface area contributed by atoms with Crippen LogP contribution in [0.4, 0.5) is 0 Å². The number of furan rings is 1. The summed E-state index contributed by atoms with van der Waals surface area (Å²) in [5.41, 5.74) is 3.34. The van der Waals surface area contributed by atoms with E-state index in [2.05, 4.69) is 0 Å². The SMILES string of the molecule is O=C(O)C(Cc1ccccc1)N(Cc1cccc(-c2cc3ccccc3o2)c1)C(=O)c1ccc(Cl)cc1Cl. The Bertz CT molecular complexity index is 1580. The number of aliphatic carboxylic acids is 1. The number of carboxylic acids is 1. The van der Waals surface area contributed by atoms with E-state index in [1.54, 1.807) is 6.07 Å². The summed E-state index contributed by atoms with van der Waals surface area (Å²) in [5.74, 6) is -0.921. The van der Waals surface area contributed by atoms with Gasteiger partial charge in [0.1, 0.15) is 17.4 Å². The van der Waals surface area contributed by atoms with Crippen molar-refractivity contribution in [3.63, 3.8) is 0 Å². The second kappa shape index (κ2) is 11.1. The van der Waals surface area contributed by atoms with Crippen molar-refractivity contribution in [3.05, 3.63) is 130 Å². The van der Waals surface area contributed by atoms with E-state index < -0.39 is 17.9 Å². The number of benzene rings is 4. The molecule has 1 unspecified atom stereocenters. The summed E-state index contributed by atoms with van der Waals surface area (Å²) in [6, 6.07) is 29.9. The summed E-state index contributed by atoms with van der Waals surface area (Å²) in [6.45, 7) is 0.0512. The third-order valence-electron chi connectivity index (χ3n) is 6.35. The van der Waals surface area contributed by atoms with Gasteiger partial charge in [-0.25, -0.2) is 4.79 Å². The molecule has 1 atom stereocenters. The van der Waals surface area contributed by atoms with Gasteiger partial charge in [-0.3, -0.25) is 4.79 Å². The first-order valence-corrected chi connectivity index (χ1v) is 12.8. The van der Waals surface area contributed by atoms with E-state index in [1.807, 2.05) is 84.9 Å². The van der Waals surface area contributed by atoms with E-state index in [0.29, 0.717) is 10.8 Å². The maximum atomic E-state index is 13.8. The van der Waals surface area contributed by atoms with Crippen molar-refractivity contribution in [2.24, 2.45) is 0 Å². The highest BCUT2D eigenvalue weighted by Crippen LogP contribution is 2.30. The molecular formula is C31H23Cl2NO4. The lowest BCUT2D eigenvalue weighted by molar-refractivity contribution is -0.142. The first-order chi connectivity index (χ1) is 18.4. The average molecular weight is 544 g/mol. The molecule has 0 saturated carbocycles. The Hall–Kier alpha value is -4.06. The highest BCUT2D eigenvalue weighted by atomic mass is 35.5. The van der Waals surface area contributed by atoms with Crippen LogP contribution in [0.5, 0.6) is 0 Å². The zero-order valence-corrected chi connectivity index (χ0v) is 21.7. The Labute approximate surface area is 229 Å². The van der Waals surface area contributed by atoms with Crippen molar-refractivity contribution < 1.29 is 19.1 Å². The summed E-state index contributed by atoms with van der Waals surface area (Å²) < 4.78 is 6.02. The van der Waals surface area contributed by atoms with Crippen molar-refractivity contribution in [1.29, 1.82) is 0 Å². The maximum absolute atomic E-state index is 13.8. The Kier molecular flexibility index (Phi) is 7.50. The first-order valence-electron chi connectivity index (χ1n) is 12.0. The van der Waals surface area contributed by atoms with Gasteiger partial charge in [-0.15, -0.1) is 0 Å². The quantitative estimate of drug-likeness (QED) is 0.217. The van der Waals surface area contributed by atoms with Gasteiger partial charge in [-0.05, 0) is 47.5 Å². The van der Waals surface area contributed by atoms with Crippen LogP contribution >= 0.6 is 23.2 Å². The molecule has 5 aromatic rings. The number of carbonyl (C=O) groups is 2. The largest absolute Gasteiger partial charge is 0.480 e. The summed E-state index contributed by atoms with van der Waals surface area (Å²) in [5, 5.41) is 11.8. The van der Waals surface area contributed by atoms with E-state index in [9.17, 15) is 14.7 Å². The van der Waals surface area contributed by atoms with Crippen LogP contribution in [0.1, 0.15) is 21.5 Å². The van der Waals surface area contributed by atoms with Crippen LogP contribution in [0.2, 0.25) is 10.0 Å². The minimum atomic E-state index is -1.13. The molecule has 0 aliphatic heterocycles. The van der Waals surface area contributed by atoms with Gasteiger partial charge in [0.05, 0.1) is 10.6 Å². The van der Waals surface area contributed by atoms with Gasteiger partial charge in [0.25, 0.3) is 5.91 Å². The summed E-state index contributed by atoms with van der Waals surface area (Å²) in [4.78, 5) is 27.7. The number of fused-ring (bicyclic) bond motifs is 1. The molecular weight excluding hydrogens is 521 g/mol. The lowest BCUT2D eigenvalue weighted by Gasteiger charge is -2.30. The Balaban J connectivity index is 1.53. The summed E-state index contributed by atoms with van der Waals surface area (Å²) in [7, 11) is 0. The lowest BCUT2D eigenvalue weighted by Crippen LogP contribution is -2.46. The van der Waals surface area contributed by atoms with Gasteiger partial charge < -0.3 is 14.4 Å². The Morgan fingerprint density at radius 3 is 2.29 bits per heavy atom. The van der Waals surface area contributed by atoms with Gasteiger partial charge in [-0.2, -0.15) is 0 Å². The highest BCUT2D eigenvalue weighted by molar-refractivity contribution is 6.36. The molecule has 5 rings (SSSR count). The predicted molar refractivity (Wildman–Crippen MR) is 150 cm³/mol. The number of nitrogens with zero attached hydrogens (tertiary/aromatic N) is 1. The molecule has 0 aliphatic rings. The second-order valence-corrected chi connectivity index (χ2v) is 9.79. The molecule has 0 radical (unpaired) electrons. The predicted octanol–water partition coefficient (Wildman–Crippen LogP) is 7.74. The number of halogens is 2. The van der Waals surface area contributed by atoms with E-state index in [0.717, 1.165) is 27.7 Å². The van der Waals surface area contributed by atoms with Gasteiger partial charge in [0.2, 0.25) is 0 Å². The molecule has 5 nitrogen and oxygen atoms in total.